The van der Waals surface area contributed by atoms with Crippen LogP contribution in [-0.4, -0.2) is 59.6 Å². The van der Waals surface area contributed by atoms with Crippen LogP contribution in [0.2, 0.25) is 0 Å². The summed E-state index contributed by atoms with van der Waals surface area (Å²) in [6.45, 7) is 10.1. The first-order valence-electron chi connectivity index (χ1n) is 15.7. The Morgan fingerprint density at radius 2 is 1.54 bits per heavy atom. The Kier molecular flexibility index (Phi) is 9.45. The number of rotatable bonds is 10. The molecule has 39 heavy (non-hydrogen) atoms. The van der Waals surface area contributed by atoms with Crippen molar-refractivity contribution < 1.29 is 9.90 Å². The highest BCUT2D eigenvalue weighted by molar-refractivity contribution is 5.74. The molecule has 1 saturated carbocycles. The first-order chi connectivity index (χ1) is 18.9. The monoisotopic (exact) mass is 530 g/mol. The molecule has 212 valence electrons. The lowest BCUT2D eigenvalue weighted by Gasteiger charge is -2.38. The summed E-state index contributed by atoms with van der Waals surface area (Å²) >= 11 is 0. The molecule has 0 bridgehead atoms. The van der Waals surface area contributed by atoms with Crippen molar-refractivity contribution >= 4 is 5.97 Å². The van der Waals surface area contributed by atoms with E-state index in [9.17, 15) is 9.90 Å². The molecule has 3 aliphatic rings. The summed E-state index contributed by atoms with van der Waals surface area (Å²) in [4.78, 5) is 17.6. The molecule has 1 aliphatic carbocycles. The fourth-order valence-corrected chi connectivity index (χ4v) is 8.21. The second-order valence-corrected chi connectivity index (χ2v) is 13.7. The summed E-state index contributed by atoms with van der Waals surface area (Å²) in [5.41, 5.74) is 3.16. The molecule has 2 heterocycles. The maximum absolute atomic E-state index is 12.5. The van der Waals surface area contributed by atoms with Gasteiger partial charge in [-0.05, 0) is 85.9 Å². The Labute approximate surface area is 236 Å². The molecule has 3 fully saturated rings. The van der Waals surface area contributed by atoms with Crippen molar-refractivity contribution in [3.05, 3.63) is 71.8 Å². The molecule has 2 aromatic rings. The minimum atomic E-state index is -0.603. The van der Waals surface area contributed by atoms with Crippen molar-refractivity contribution in [1.82, 2.24) is 9.80 Å². The van der Waals surface area contributed by atoms with Crippen LogP contribution in [0.15, 0.2) is 60.7 Å². The van der Waals surface area contributed by atoms with Gasteiger partial charge in [0.15, 0.2) is 0 Å². The van der Waals surface area contributed by atoms with Gasteiger partial charge in [-0.3, -0.25) is 9.69 Å². The van der Waals surface area contributed by atoms with Crippen molar-refractivity contribution in [2.45, 2.75) is 83.6 Å². The van der Waals surface area contributed by atoms with Crippen molar-refractivity contribution in [2.75, 3.05) is 32.7 Å². The van der Waals surface area contributed by atoms with E-state index in [2.05, 4.69) is 84.3 Å². The number of nitrogens with zero attached hydrogens (tertiary/aromatic N) is 2. The molecular formula is C35H50N2O2. The minimum Gasteiger partial charge on any atom is -0.480 e. The Hall–Kier alpha value is -2.17. The molecule has 5 rings (SSSR count). The summed E-state index contributed by atoms with van der Waals surface area (Å²) in [5.74, 6) is 1.41. The number of likely N-dealkylation sites (tertiary alicyclic amines) is 2. The fraction of sp³-hybridized carbons (Fsp3) is 0.629. The van der Waals surface area contributed by atoms with Gasteiger partial charge in [-0.2, -0.15) is 0 Å². The Bertz CT molecular complexity index is 1030. The van der Waals surface area contributed by atoms with Gasteiger partial charge in [-0.1, -0.05) is 93.8 Å². The minimum absolute atomic E-state index is 0.307. The SMILES string of the molecule is CC(C)(Cc1ccccc1)CC1CCN(CC2CN(C(C(=O)O)C3CCCCC3)CC2c2ccccc2)CC1. The molecular weight excluding hydrogens is 480 g/mol. The normalized spacial score (nSPS) is 25.1. The lowest BCUT2D eigenvalue weighted by molar-refractivity contribution is -0.145. The van der Waals surface area contributed by atoms with Crippen LogP contribution in [0.3, 0.4) is 0 Å². The van der Waals surface area contributed by atoms with Crippen LogP contribution in [0.4, 0.5) is 0 Å². The van der Waals surface area contributed by atoms with Crippen LogP contribution < -0.4 is 0 Å². The third-order valence-electron chi connectivity index (χ3n) is 10.0. The van der Waals surface area contributed by atoms with Gasteiger partial charge < -0.3 is 10.0 Å². The number of aliphatic carboxylic acids is 1. The molecule has 2 aliphatic heterocycles. The lowest BCUT2D eigenvalue weighted by atomic mass is 9.75. The quantitative estimate of drug-likeness (QED) is 0.356. The van der Waals surface area contributed by atoms with Crippen LogP contribution in [0.25, 0.3) is 0 Å². The fourth-order valence-electron chi connectivity index (χ4n) is 8.21. The van der Waals surface area contributed by atoms with Crippen LogP contribution >= 0.6 is 0 Å². The van der Waals surface area contributed by atoms with E-state index in [1.165, 1.54) is 62.7 Å². The third kappa shape index (κ3) is 7.52. The lowest BCUT2D eigenvalue weighted by Crippen LogP contribution is -2.46. The van der Waals surface area contributed by atoms with E-state index in [0.29, 0.717) is 23.2 Å². The summed E-state index contributed by atoms with van der Waals surface area (Å²) in [5, 5.41) is 10.3. The molecule has 2 aromatic carbocycles. The zero-order valence-corrected chi connectivity index (χ0v) is 24.3. The maximum Gasteiger partial charge on any atom is 0.321 e. The zero-order chi connectivity index (χ0) is 27.2. The second kappa shape index (κ2) is 13.0. The number of hydrogen-bond acceptors (Lipinski definition) is 3. The Morgan fingerprint density at radius 3 is 2.18 bits per heavy atom. The zero-order valence-electron chi connectivity index (χ0n) is 24.3. The third-order valence-corrected chi connectivity index (χ3v) is 10.0. The van der Waals surface area contributed by atoms with E-state index >= 15 is 0 Å². The molecule has 2 saturated heterocycles. The summed E-state index contributed by atoms with van der Waals surface area (Å²) in [7, 11) is 0. The van der Waals surface area contributed by atoms with Gasteiger partial charge in [0.05, 0.1) is 0 Å². The van der Waals surface area contributed by atoms with E-state index in [0.717, 1.165) is 44.8 Å². The van der Waals surface area contributed by atoms with Gasteiger partial charge in [0.25, 0.3) is 0 Å². The summed E-state index contributed by atoms with van der Waals surface area (Å²) in [6, 6.07) is 21.5. The van der Waals surface area contributed by atoms with Crippen molar-refractivity contribution in [1.29, 1.82) is 0 Å². The first kappa shape index (κ1) is 28.4. The number of benzene rings is 2. The topological polar surface area (TPSA) is 43.8 Å². The van der Waals surface area contributed by atoms with Gasteiger partial charge in [0.2, 0.25) is 0 Å². The molecule has 3 atom stereocenters. The van der Waals surface area contributed by atoms with Gasteiger partial charge >= 0.3 is 5.97 Å². The summed E-state index contributed by atoms with van der Waals surface area (Å²) in [6.07, 6.45) is 10.8. The average Bonchev–Trinajstić information content (AvgIpc) is 3.34. The Morgan fingerprint density at radius 1 is 0.897 bits per heavy atom. The molecule has 0 spiro atoms. The van der Waals surface area contributed by atoms with Gasteiger partial charge in [0, 0.05) is 25.6 Å². The smallest absolute Gasteiger partial charge is 0.321 e. The van der Waals surface area contributed by atoms with Gasteiger partial charge in [0.1, 0.15) is 6.04 Å². The first-order valence-corrected chi connectivity index (χ1v) is 15.7. The number of carboxylic acid groups (broad SMARTS) is 1. The predicted molar refractivity (Wildman–Crippen MR) is 160 cm³/mol. The number of carboxylic acids is 1. The van der Waals surface area contributed by atoms with Crippen LogP contribution in [0.1, 0.15) is 82.3 Å². The number of piperidine rings is 1. The molecule has 1 N–H and O–H groups in total. The highest BCUT2D eigenvalue weighted by atomic mass is 16.4. The maximum atomic E-state index is 12.5. The van der Waals surface area contributed by atoms with E-state index in [-0.39, 0.29) is 6.04 Å². The highest BCUT2D eigenvalue weighted by Crippen LogP contribution is 2.39. The van der Waals surface area contributed by atoms with Gasteiger partial charge in [-0.15, -0.1) is 0 Å². The van der Waals surface area contributed by atoms with Crippen LogP contribution in [0.5, 0.6) is 0 Å². The number of hydrogen-bond donors (Lipinski definition) is 1. The molecule has 4 heteroatoms. The highest BCUT2D eigenvalue weighted by Gasteiger charge is 2.43. The van der Waals surface area contributed by atoms with Crippen molar-refractivity contribution in [2.24, 2.45) is 23.2 Å². The van der Waals surface area contributed by atoms with Gasteiger partial charge in [-0.25, -0.2) is 0 Å². The second-order valence-electron chi connectivity index (χ2n) is 13.7. The van der Waals surface area contributed by atoms with Crippen LogP contribution in [0, 0.1) is 23.2 Å². The summed E-state index contributed by atoms with van der Waals surface area (Å²) < 4.78 is 0. The molecule has 3 unspecified atom stereocenters. The van der Waals surface area contributed by atoms with E-state index < -0.39 is 5.97 Å². The number of carbonyl (C=O) groups is 1. The largest absolute Gasteiger partial charge is 0.480 e. The van der Waals surface area contributed by atoms with E-state index in [1.807, 2.05) is 0 Å². The molecule has 0 amide bonds. The average molecular weight is 531 g/mol. The molecule has 0 aromatic heterocycles. The molecule has 4 nitrogen and oxygen atoms in total. The standard InChI is InChI=1S/C35H50N2O2/c1-35(2,22-27-12-6-3-7-13-27)23-28-18-20-36(21-19-28)24-31-25-37(26-32(31)29-14-8-4-9-15-29)33(34(38)39)30-16-10-5-11-17-30/h3-4,6-9,12-15,28,30-33H,5,10-11,16-26H2,1-2H3,(H,38,39). The molecule has 0 radical (unpaired) electrons. The van der Waals surface area contributed by atoms with Crippen molar-refractivity contribution in [3.63, 3.8) is 0 Å². The van der Waals surface area contributed by atoms with Crippen LogP contribution in [-0.2, 0) is 11.2 Å². The van der Waals surface area contributed by atoms with Crippen molar-refractivity contribution in [3.8, 4) is 0 Å². The van der Waals surface area contributed by atoms with E-state index in [4.69, 9.17) is 0 Å². The Balaban J connectivity index is 1.20. The van der Waals surface area contributed by atoms with E-state index in [1.54, 1.807) is 0 Å². The predicted octanol–water partition coefficient (Wildman–Crippen LogP) is 7.11.